The van der Waals surface area contributed by atoms with Gasteiger partial charge in [-0.2, -0.15) is 13.2 Å². The van der Waals surface area contributed by atoms with Crippen molar-refractivity contribution in [2.75, 3.05) is 26.4 Å². The molecular formula is C8H16F3NO2. The Balaban J connectivity index is 3.07. The molecule has 0 radical (unpaired) electrons. The molecule has 0 atom stereocenters. The van der Waals surface area contributed by atoms with Gasteiger partial charge in [0.25, 0.3) is 0 Å². The Kier molecular flexibility index (Phi) is 6.86. The van der Waals surface area contributed by atoms with E-state index in [0.717, 1.165) is 0 Å². The first kappa shape index (κ1) is 13.7. The second kappa shape index (κ2) is 7.03. The number of alkyl halides is 3. The number of hydroxylamine groups is 1. The summed E-state index contributed by atoms with van der Waals surface area (Å²) in [5, 5.41) is 0. The van der Waals surface area contributed by atoms with Crippen LogP contribution in [-0.2, 0) is 9.57 Å². The van der Waals surface area contributed by atoms with Gasteiger partial charge in [-0.05, 0) is 5.92 Å². The van der Waals surface area contributed by atoms with E-state index in [1.807, 2.05) is 13.8 Å². The fourth-order valence-corrected chi connectivity index (χ4v) is 0.599. The molecule has 0 bridgehead atoms. The van der Waals surface area contributed by atoms with Crippen LogP contribution in [0.25, 0.3) is 0 Å². The average Bonchev–Trinajstić information content (AvgIpc) is 2.00. The Hall–Kier alpha value is -0.330. The number of ether oxygens (including phenoxy) is 1. The highest BCUT2D eigenvalue weighted by Crippen LogP contribution is 2.13. The maximum Gasteiger partial charge on any atom is 0.411 e. The third-order valence-electron chi connectivity index (χ3n) is 1.13. The zero-order valence-electron chi connectivity index (χ0n) is 8.36. The maximum absolute atomic E-state index is 11.6. The summed E-state index contributed by atoms with van der Waals surface area (Å²) in [5.74, 6) is 0.388. The quantitative estimate of drug-likeness (QED) is 0.518. The first-order valence-electron chi connectivity index (χ1n) is 4.41. The highest BCUT2D eigenvalue weighted by Gasteiger charge is 2.27. The molecule has 0 unspecified atom stereocenters. The van der Waals surface area contributed by atoms with Gasteiger partial charge in [-0.1, -0.05) is 13.8 Å². The molecule has 0 aliphatic rings. The summed E-state index contributed by atoms with van der Waals surface area (Å²) in [6.45, 7) is 3.50. The van der Waals surface area contributed by atoms with E-state index in [2.05, 4.69) is 10.2 Å². The van der Waals surface area contributed by atoms with E-state index in [0.29, 0.717) is 12.5 Å². The summed E-state index contributed by atoms with van der Waals surface area (Å²) in [6.07, 6.45) is -4.25. The molecule has 0 spiro atoms. The van der Waals surface area contributed by atoms with E-state index in [1.165, 1.54) is 0 Å². The number of rotatable bonds is 7. The van der Waals surface area contributed by atoms with Gasteiger partial charge < -0.3 is 9.57 Å². The van der Waals surface area contributed by atoms with Crippen LogP contribution in [0.2, 0.25) is 0 Å². The molecule has 0 heterocycles. The number of hydrogen-bond donors (Lipinski definition) is 1. The van der Waals surface area contributed by atoms with E-state index in [4.69, 9.17) is 4.84 Å². The van der Waals surface area contributed by atoms with Gasteiger partial charge in [-0.25, -0.2) is 5.48 Å². The molecule has 0 aliphatic carbocycles. The van der Waals surface area contributed by atoms with Gasteiger partial charge >= 0.3 is 6.18 Å². The second-order valence-electron chi connectivity index (χ2n) is 3.27. The van der Waals surface area contributed by atoms with Crippen LogP contribution >= 0.6 is 0 Å². The Morgan fingerprint density at radius 2 is 1.93 bits per heavy atom. The van der Waals surface area contributed by atoms with Crippen LogP contribution in [-0.4, -0.2) is 32.5 Å². The smallest absolute Gasteiger partial charge is 0.371 e. The molecular weight excluding hydrogens is 199 g/mol. The third-order valence-corrected chi connectivity index (χ3v) is 1.13. The van der Waals surface area contributed by atoms with Gasteiger partial charge in [0.2, 0.25) is 0 Å². The standard InChI is InChI=1S/C8H16F3NO2/c1-7(2)5-14-12-3-4-13-6-8(9,10)11/h7,12H,3-6H2,1-2H3. The van der Waals surface area contributed by atoms with Gasteiger partial charge in [0.05, 0.1) is 13.2 Å². The molecule has 0 aromatic rings. The van der Waals surface area contributed by atoms with Crippen molar-refractivity contribution < 1.29 is 22.7 Å². The minimum Gasteiger partial charge on any atom is -0.371 e. The molecule has 0 aromatic heterocycles. The predicted molar refractivity (Wildman–Crippen MR) is 45.7 cm³/mol. The van der Waals surface area contributed by atoms with Crippen LogP contribution < -0.4 is 5.48 Å². The molecule has 3 nitrogen and oxygen atoms in total. The molecule has 86 valence electrons. The lowest BCUT2D eigenvalue weighted by Gasteiger charge is -2.09. The Labute approximate surface area is 81.5 Å². The minimum absolute atomic E-state index is 0.0163. The summed E-state index contributed by atoms with van der Waals surface area (Å²) in [5.41, 5.74) is 2.51. The summed E-state index contributed by atoms with van der Waals surface area (Å²) in [7, 11) is 0. The molecule has 1 N–H and O–H groups in total. The van der Waals surface area contributed by atoms with Gasteiger partial charge in [0.15, 0.2) is 0 Å². The van der Waals surface area contributed by atoms with Crippen LogP contribution in [0, 0.1) is 5.92 Å². The lowest BCUT2D eigenvalue weighted by molar-refractivity contribution is -0.174. The monoisotopic (exact) mass is 215 g/mol. The largest absolute Gasteiger partial charge is 0.411 e. The van der Waals surface area contributed by atoms with Gasteiger partial charge in [0.1, 0.15) is 6.61 Å². The number of nitrogens with one attached hydrogen (secondary N) is 1. The maximum atomic E-state index is 11.6. The van der Waals surface area contributed by atoms with Crippen molar-refractivity contribution in [3.63, 3.8) is 0 Å². The highest BCUT2D eigenvalue weighted by atomic mass is 19.4. The van der Waals surface area contributed by atoms with E-state index in [1.54, 1.807) is 0 Å². The first-order chi connectivity index (χ1) is 6.42. The normalized spacial score (nSPS) is 12.4. The Morgan fingerprint density at radius 3 is 2.43 bits per heavy atom. The second-order valence-corrected chi connectivity index (χ2v) is 3.27. The molecule has 0 aromatic carbocycles. The Morgan fingerprint density at radius 1 is 1.29 bits per heavy atom. The zero-order valence-corrected chi connectivity index (χ0v) is 8.36. The van der Waals surface area contributed by atoms with Crippen LogP contribution in [0.1, 0.15) is 13.8 Å². The van der Waals surface area contributed by atoms with Gasteiger partial charge in [-0.3, -0.25) is 0 Å². The van der Waals surface area contributed by atoms with E-state index in [9.17, 15) is 13.2 Å². The molecule has 6 heteroatoms. The third kappa shape index (κ3) is 11.7. The Bertz CT molecular complexity index is 139. The topological polar surface area (TPSA) is 30.5 Å². The van der Waals surface area contributed by atoms with Gasteiger partial charge in [0, 0.05) is 6.54 Å². The highest BCUT2D eigenvalue weighted by molar-refractivity contribution is 4.45. The molecule has 14 heavy (non-hydrogen) atoms. The average molecular weight is 215 g/mol. The lowest BCUT2D eigenvalue weighted by atomic mass is 10.2. The molecule has 0 saturated carbocycles. The number of hydrogen-bond acceptors (Lipinski definition) is 3. The van der Waals surface area contributed by atoms with Crippen LogP contribution in [0.4, 0.5) is 13.2 Å². The van der Waals surface area contributed by atoms with Crippen molar-refractivity contribution >= 4 is 0 Å². The fraction of sp³-hybridized carbons (Fsp3) is 1.00. The SMILES string of the molecule is CC(C)CONCCOCC(F)(F)F. The summed E-state index contributed by atoms with van der Waals surface area (Å²) >= 11 is 0. The van der Waals surface area contributed by atoms with Crippen molar-refractivity contribution in [1.82, 2.24) is 5.48 Å². The van der Waals surface area contributed by atoms with Crippen molar-refractivity contribution in [2.45, 2.75) is 20.0 Å². The van der Waals surface area contributed by atoms with Crippen LogP contribution in [0.15, 0.2) is 0 Å². The minimum atomic E-state index is -4.25. The molecule has 0 rings (SSSR count). The van der Waals surface area contributed by atoms with Crippen LogP contribution in [0.5, 0.6) is 0 Å². The summed E-state index contributed by atoms with van der Waals surface area (Å²) < 4.78 is 39.0. The molecule has 0 fully saturated rings. The van der Waals surface area contributed by atoms with Gasteiger partial charge in [-0.15, -0.1) is 0 Å². The molecule has 0 amide bonds. The lowest BCUT2D eigenvalue weighted by Crippen LogP contribution is -2.25. The molecule has 0 aliphatic heterocycles. The predicted octanol–water partition coefficient (Wildman–Crippen LogP) is 1.74. The van der Waals surface area contributed by atoms with Crippen molar-refractivity contribution in [2.24, 2.45) is 5.92 Å². The van der Waals surface area contributed by atoms with E-state index >= 15 is 0 Å². The van der Waals surface area contributed by atoms with Crippen molar-refractivity contribution in [1.29, 1.82) is 0 Å². The fourth-order valence-electron chi connectivity index (χ4n) is 0.599. The van der Waals surface area contributed by atoms with Crippen LogP contribution in [0.3, 0.4) is 0 Å². The van der Waals surface area contributed by atoms with E-state index < -0.39 is 12.8 Å². The van der Waals surface area contributed by atoms with Crippen molar-refractivity contribution in [3.05, 3.63) is 0 Å². The molecule has 0 saturated heterocycles. The number of halogens is 3. The zero-order chi connectivity index (χ0) is 11.0. The van der Waals surface area contributed by atoms with Crippen molar-refractivity contribution in [3.8, 4) is 0 Å². The van der Waals surface area contributed by atoms with E-state index in [-0.39, 0.29) is 13.2 Å². The first-order valence-corrected chi connectivity index (χ1v) is 4.41. The summed E-state index contributed by atoms with van der Waals surface area (Å²) in [4.78, 5) is 4.92. The summed E-state index contributed by atoms with van der Waals surface area (Å²) in [6, 6.07) is 0.